The van der Waals surface area contributed by atoms with Crippen molar-refractivity contribution in [1.29, 1.82) is 0 Å². The lowest BCUT2D eigenvalue weighted by Crippen LogP contribution is -2.36. The van der Waals surface area contributed by atoms with Crippen LogP contribution in [-0.4, -0.2) is 48.9 Å². The molecule has 0 spiro atoms. The van der Waals surface area contributed by atoms with E-state index in [0.717, 1.165) is 5.56 Å². The molecule has 2 N–H and O–H groups in total. The highest BCUT2D eigenvalue weighted by Gasteiger charge is 2.33. The predicted molar refractivity (Wildman–Crippen MR) is 102 cm³/mol. The Hall–Kier alpha value is -2.91. The first-order valence-electron chi connectivity index (χ1n) is 9.09. The molecule has 0 aliphatic carbocycles. The Morgan fingerprint density at radius 3 is 2.10 bits per heavy atom. The minimum Gasteiger partial charge on any atom is -0.409 e. The van der Waals surface area contributed by atoms with Gasteiger partial charge in [-0.1, -0.05) is 30.3 Å². The molecule has 158 valence electrons. The van der Waals surface area contributed by atoms with Crippen molar-refractivity contribution in [1.82, 2.24) is 10.6 Å². The number of alkyl carbamates (subject to hydrolysis) is 1. The van der Waals surface area contributed by atoms with Crippen LogP contribution in [0.1, 0.15) is 26.3 Å². The number of ether oxygens (including phenoxy) is 4. The van der Waals surface area contributed by atoms with Crippen LogP contribution in [0.3, 0.4) is 0 Å². The summed E-state index contributed by atoms with van der Waals surface area (Å²) in [6, 6.07) is 8.69. The predicted octanol–water partition coefficient (Wildman–Crippen LogP) is 1.63. The Morgan fingerprint density at radius 2 is 1.59 bits per heavy atom. The van der Waals surface area contributed by atoms with Crippen LogP contribution in [0.15, 0.2) is 42.8 Å². The van der Waals surface area contributed by atoms with Gasteiger partial charge in [-0.25, -0.2) is 14.4 Å². The van der Waals surface area contributed by atoms with E-state index in [1.165, 1.54) is 0 Å². The number of hydrogen-bond acceptors (Lipinski definition) is 8. The first kappa shape index (κ1) is 22.4. The Balaban J connectivity index is 0.000000212. The maximum Gasteiger partial charge on any atom is 0.415 e. The average Bonchev–Trinajstić information content (AvgIpc) is 3.14. The van der Waals surface area contributed by atoms with E-state index in [0.29, 0.717) is 12.5 Å². The van der Waals surface area contributed by atoms with Gasteiger partial charge in [-0.15, -0.1) is 0 Å². The standard InChI is InChI=1S/C12H13NO3.C8H13NO4/c1-9-13-11(12(14)16-9)8-15-7-10-5-3-2-4-6-10;1-8(2,3)12-4-5-6(10)13-7(11)9-5/h2-6,11,13H,1,7-8H2;5H,4H2,1-3H3,(H,9,11)/t11-;5-/m00/s1. The zero-order valence-electron chi connectivity index (χ0n) is 16.7. The summed E-state index contributed by atoms with van der Waals surface area (Å²) in [6.07, 6.45) is -0.701. The summed E-state index contributed by atoms with van der Waals surface area (Å²) in [6.45, 7) is 10.0. The molecule has 0 aromatic heterocycles. The van der Waals surface area contributed by atoms with Gasteiger partial charge in [0.1, 0.15) is 0 Å². The van der Waals surface area contributed by atoms with E-state index < -0.39 is 24.1 Å². The lowest BCUT2D eigenvalue weighted by molar-refractivity contribution is -0.138. The zero-order valence-corrected chi connectivity index (χ0v) is 16.7. The Bertz CT molecular complexity index is 743. The number of carbonyl (C=O) groups is 3. The van der Waals surface area contributed by atoms with E-state index in [9.17, 15) is 14.4 Å². The minimum atomic E-state index is -0.701. The lowest BCUT2D eigenvalue weighted by atomic mass is 10.2. The van der Waals surface area contributed by atoms with Crippen LogP contribution in [0.5, 0.6) is 0 Å². The average molecular weight is 406 g/mol. The van der Waals surface area contributed by atoms with E-state index in [1.807, 2.05) is 51.1 Å². The van der Waals surface area contributed by atoms with Crippen LogP contribution < -0.4 is 10.6 Å². The fourth-order valence-corrected chi connectivity index (χ4v) is 2.29. The number of hydrogen-bond donors (Lipinski definition) is 2. The van der Waals surface area contributed by atoms with Crippen LogP contribution in [0.25, 0.3) is 0 Å². The molecule has 9 heteroatoms. The molecule has 0 saturated carbocycles. The minimum absolute atomic E-state index is 0.147. The maximum atomic E-state index is 11.2. The van der Waals surface area contributed by atoms with Crippen molar-refractivity contribution in [3.8, 4) is 0 Å². The molecule has 1 amide bonds. The molecular formula is C20H26N2O7. The third-order valence-corrected chi connectivity index (χ3v) is 3.69. The van der Waals surface area contributed by atoms with Crippen molar-refractivity contribution < 1.29 is 33.3 Å². The molecule has 0 radical (unpaired) electrons. The SMILES string of the molecule is C=C1N[C@@H](COCc2ccccc2)C(=O)O1.CC(C)(C)OC[C@@H]1NC(=O)OC1=O. The smallest absolute Gasteiger partial charge is 0.409 e. The number of esters is 2. The summed E-state index contributed by atoms with van der Waals surface area (Å²) in [5.41, 5.74) is 0.751. The first-order chi connectivity index (χ1) is 13.6. The summed E-state index contributed by atoms with van der Waals surface area (Å²) in [7, 11) is 0. The second-order valence-electron chi connectivity index (χ2n) is 7.37. The molecule has 29 heavy (non-hydrogen) atoms. The molecule has 2 aliphatic rings. The second kappa shape index (κ2) is 10.0. The van der Waals surface area contributed by atoms with Crippen molar-refractivity contribution in [2.24, 2.45) is 0 Å². The summed E-state index contributed by atoms with van der Waals surface area (Å²) in [4.78, 5) is 32.7. The van der Waals surface area contributed by atoms with E-state index in [4.69, 9.17) is 14.2 Å². The largest absolute Gasteiger partial charge is 0.415 e. The van der Waals surface area contributed by atoms with Crippen molar-refractivity contribution in [2.45, 2.75) is 45.1 Å². The molecule has 2 saturated heterocycles. The lowest BCUT2D eigenvalue weighted by Gasteiger charge is -2.20. The highest BCUT2D eigenvalue weighted by Crippen LogP contribution is 2.10. The van der Waals surface area contributed by atoms with Gasteiger partial charge < -0.3 is 29.6 Å². The number of amides is 1. The molecule has 9 nitrogen and oxygen atoms in total. The number of nitrogens with one attached hydrogen (secondary N) is 2. The van der Waals surface area contributed by atoms with Crippen molar-refractivity contribution in [3.63, 3.8) is 0 Å². The number of benzene rings is 1. The zero-order chi connectivity index (χ0) is 21.4. The van der Waals surface area contributed by atoms with Gasteiger partial charge in [-0.2, -0.15) is 0 Å². The molecule has 0 bridgehead atoms. The van der Waals surface area contributed by atoms with Crippen molar-refractivity contribution in [3.05, 3.63) is 48.4 Å². The second-order valence-corrected chi connectivity index (χ2v) is 7.37. The summed E-state index contributed by atoms with van der Waals surface area (Å²) >= 11 is 0. The van der Waals surface area contributed by atoms with Gasteiger partial charge in [0.2, 0.25) is 0 Å². The van der Waals surface area contributed by atoms with E-state index in [2.05, 4.69) is 21.9 Å². The highest BCUT2D eigenvalue weighted by atomic mass is 16.6. The summed E-state index contributed by atoms with van der Waals surface area (Å²) in [5, 5.41) is 5.14. The fraction of sp³-hybridized carbons (Fsp3) is 0.450. The van der Waals surface area contributed by atoms with Gasteiger partial charge in [0.25, 0.3) is 0 Å². The topological polar surface area (TPSA) is 112 Å². The van der Waals surface area contributed by atoms with Gasteiger partial charge in [-0.3, -0.25) is 0 Å². The molecule has 2 fully saturated rings. The molecule has 2 aliphatic heterocycles. The van der Waals surface area contributed by atoms with Crippen molar-refractivity contribution >= 4 is 18.0 Å². The number of carbonyl (C=O) groups excluding carboxylic acids is 3. The maximum absolute atomic E-state index is 11.2. The van der Waals surface area contributed by atoms with Crippen LogP contribution in [0.4, 0.5) is 4.79 Å². The van der Waals surface area contributed by atoms with E-state index in [1.54, 1.807) is 0 Å². The van der Waals surface area contributed by atoms with Crippen LogP contribution in [0.2, 0.25) is 0 Å². The van der Waals surface area contributed by atoms with Gasteiger partial charge in [0.05, 0.1) is 25.4 Å². The van der Waals surface area contributed by atoms with Gasteiger partial charge in [0.15, 0.2) is 18.0 Å². The Kier molecular flexibility index (Phi) is 7.74. The van der Waals surface area contributed by atoms with Crippen molar-refractivity contribution in [2.75, 3.05) is 13.2 Å². The van der Waals surface area contributed by atoms with Crippen LogP contribution in [-0.2, 0) is 35.1 Å². The highest BCUT2D eigenvalue weighted by molar-refractivity contribution is 5.95. The first-order valence-corrected chi connectivity index (χ1v) is 9.09. The van der Waals surface area contributed by atoms with Gasteiger partial charge in [-0.05, 0) is 32.9 Å². The molecule has 3 rings (SSSR count). The van der Waals surface area contributed by atoms with Gasteiger partial charge >= 0.3 is 18.0 Å². The molecule has 2 heterocycles. The molecule has 1 aromatic rings. The monoisotopic (exact) mass is 406 g/mol. The number of rotatable bonds is 6. The third kappa shape index (κ3) is 7.92. The molecule has 1 aromatic carbocycles. The van der Waals surface area contributed by atoms with Gasteiger partial charge in [0, 0.05) is 0 Å². The van der Waals surface area contributed by atoms with Crippen LogP contribution >= 0.6 is 0 Å². The molecule has 0 unspecified atom stereocenters. The quantitative estimate of drug-likeness (QED) is 0.542. The third-order valence-electron chi connectivity index (χ3n) is 3.69. The summed E-state index contributed by atoms with van der Waals surface area (Å²) < 4.78 is 19.8. The van der Waals surface area contributed by atoms with Crippen LogP contribution in [0, 0.1) is 0 Å². The van der Waals surface area contributed by atoms with E-state index in [-0.39, 0.29) is 24.8 Å². The summed E-state index contributed by atoms with van der Waals surface area (Å²) in [5.74, 6) is -0.620. The molecule has 2 atom stereocenters. The fourth-order valence-electron chi connectivity index (χ4n) is 2.29. The Morgan fingerprint density at radius 1 is 0.966 bits per heavy atom. The number of cyclic esters (lactones) is 3. The Labute approximate surface area is 169 Å². The normalized spacial score (nSPS) is 20.9. The van der Waals surface area contributed by atoms with E-state index >= 15 is 0 Å². The molecular weight excluding hydrogens is 380 g/mol.